The molecule has 1 atom stereocenters. The van der Waals surface area contributed by atoms with Crippen molar-refractivity contribution in [2.45, 2.75) is 25.8 Å². The molecule has 14 heavy (non-hydrogen) atoms. The van der Waals surface area contributed by atoms with E-state index in [4.69, 9.17) is 10.6 Å². The molecule has 0 saturated carbocycles. The molecule has 4 nitrogen and oxygen atoms in total. The second kappa shape index (κ2) is 6.08. The van der Waals surface area contributed by atoms with Crippen LogP contribution in [0.2, 0.25) is 0 Å². The van der Waals surface area contributed by atoms with Gasteiger partial charge in [-0.1, -0.05) is 0 Å². The molecule has 1 aromatic heterocycles. The first-order chi connectivity index (χ1) is 6.77. The topological polar surface area (TPSA) is 60.2 Å². The van der Waals surface area contributed by atoms with Crippen LogP contribution in [0.3, 0.4) is 0 Å². The Balaban J connectivity index is 2.45. The number of rotatable bonds is 6. The van der Waals surface area contributed by atoms with Crippen LogP contribution < -0.4 is 11.3 Å². The molecule has 0 saturated heterocycles. The first-order valence-electron chi connectivity index (χ1n) is 4.65. The van der Waals surface area contributed by atoms with Crippen molar-refractivity contribution in [2.24, 2.45) is 5.84 Å². The third kappa shape index (κ3) is 3.34. The molecular weight excluding hydrogens is 198 g/mol. The van der Waals surface area contributed by atoms with E-state index in [1.165, 1.54) is 4.88 Å². The SMILES string of the molecule is COCCCC(NN)c1cnc(C)s1. The van der Waals surface area contributed by atoms with E-state index in [0.717, 1.165) is 24.5 Å². The molecule has 5 heteroatoms. The number of hydrazine groups is 1. The summed E-state index contributed by atoms with van der Waals surface area (Å²) in [6, 6.07) is 0.205. The van der Waals surface area contributed by atoms with E-state index in [0.29, 0.717) is 0 Å². The summed E-state index contributed by atoms with van der Waals surface area (Å²) >= 11 is 1.68. The van der Waals surface area contributed by atoms with Crippen LogP contribution in [0.4, 0.5) is 0 Å². The number of methoxy groups -OCH3 is 1. The summed E-state index contributed by atoms with van der Waals surface area (Å²) in [7, 11) is 1.71. The van der Waals surface area contributed by atoms with E-state index >= 15 is 0 Å². The van der Waals surface area contributed by atoms with Crippen molar-refractivity contribution in [3.05, 3.63) is 16.1 Å². The fourth-order valence-corrected chi connectivity index (χ4v) is 2.16. The van der Waals surface area contributed by atoms with Gasteiger partial charge in [0.05, 0.1) is 11.0 Å². The average molecular weight is 215 g/mol. The van der Waals surface area contributed by atoms with Gasteiger partial charge in [0.15, 0.2) is 0 Å². The second-order valence-corrected chi connectivity index (χ2v) is 4.40. The summed E-state index contributed by atoms with van der Waals surface area (Å²) < 4.78 is 5.00. The van der Waals surface area contributed by atoms with Crippen molar-refractivity contribution >= 4 is 11.3 Å². The first-order valence-corrected chi connectivity index (χ1v) is 5.47. The molecule has 0 bridgehead atoms. The Morgan fingerprint density at radius 3 is 3.00 bits per heavy atom. The lowest BCUT2D eigenvalue weighted by molar-refractivity contribution is 0.189. The first kappa shape index (κ1) is 11.6. The van der Waals surface area contributed by atoms with Gasteiger partial charge >= 0.3 is 0 Å². The second-order valence-electron chi connectivity index (χ2n) is 3.14. The molecule has 0 radical (unpaired) electrons. The zero-order valence-corrected chi connectivity index (χ0v) is 9.43. The third-order valence-corrected chi connectivity index (χ3v) is 3.05. The Bertz CT molecular complexity index is 264. The summed E-state index contributed by atoms with van der Waals surface area (Å²) in [6.45, 7) is 2.77. The van der Waals surface area contributed by atoms with E-state index in [1.54, 1.807) is 18.4 Å². The molecule has 0 aliphatic carbocycles. The molecule has 0 fully saturated rings. The Kier molecular flexibility index (Phi) is 5.03. The van der Waals surface area contributed by atoms with Gasteiger partial charge in [-0.2, -0.15) is 0 Å². The van der Waals surface area contributed by atoms with Crippen molar-refractivity contribution < 1.29 is 4.74 Å². The fraction of sp³-hybridized carbons (Fsp3) is 0.667. The number of hydrogen-bond acceptors (Lipinski definition) is 5. The van der Waals surface area contributed by atoms with Crippen LogP contribution >= 0.6 is 11.3 Å². The zero-order valence-electron chi connectivity index (χ0n) is 8.62. The minimum absolute atomic E-state index is 0.205. The minimum Gasteiger partial charge on any atom is -0.385 e. The van der Waals surface area contributed by atoms with Crippen molar-refractivity contribution in [3.8, 4) is 0 Å². The molecule has 0 aromatic carbocycles. The fourth-order valence-electron chi connectivity index (χ4n) is 1.28. The summed E-state index contributed by atoms with van der Waals surface area (Å²) in [5.41, 5.74) is 2.81. The maximum absolute atomic E-state index is 5.48. The van der Waals surface area contributed by atoms with Gasteiger partial charge in [-0.05, 0) is 19.8 Å². The molecule has 0 spiro atoms. The highest BCUT2D eigenvalue weighted by molar-refractivity contribution is 7.11. The number of nitrogens with zero attached hydrogens (tertiary/aromatic N) is 1. The highest BCUT2D eigenvalue weighted by Crippen LogP contribution is 2.23. The maximum Gasteiger partial charge on any atom is 0.0897 e. The predicted molar refractivity (Wildman–Crippen MR) is 58.0 cm³/mol. The summed E-state index contributed by atoms with van der Waals surface area (Å²) in [5, 5.41) is 1.08. The quantitative estimate of drug-likeness (QED) is 0.427. The van der Waals surface area contributed by atoms with Crippen molar-refractivity contribution in [3.63, 3.8) is 0 Å². The number of ether oxygens (including phenoxy) is 1. The smallest absolute Gasteiger partial charge is 0.0897 e. The van der Waals surface area contributed by atoms with Crippen LogP contribution in [-0.4, -0.2) is 18.7 Å². The predicted octanol–water partition coefficient (Wildman–Crippen LogP) is 1.38. The Labute approximate surface area is 88.5 Å². The molecule has 3 N–H and O–H groups in total. The molecule has 1 unspecified atom stereocenters. The highest BCUT2D eigenvalue weighted by Gasteiger charge is 2.11. The van der Waals surface area contributed by atoms with Gasteiger partial charge in [0, 0.05) is 24.8 Å². The highest BCUT2D eigenvalue weighted by atomic mass is 32.1. The van der Waals surface area contributed by atoms with Crippen molar-refractivity contribution in [1.29, 1.82) is 0 Å². The third-order valence-electron chi connectivity index (χ3n) is 2.03. The van der Waals surface area contributed by atoms with Crippen LogP contribution in [0.25, 0.3) is 0 Å². The van der Waals surface area contributed by atoms with Gasteiger partial charge in [0.25, 0.3) is 0 Å². The summed E-state index contributed by atoms with van der Waals surface area (Å²) in [4.78, 5) is 5.40. The molecule has 1 rings (SSSR count). The van der Waals surface area contributed by atoms with E-state index in [-0.39, 0.29) is 6.04 Å². The summed E-state index contributed by atoms with van der Waals surface area (Å²) in [6.07, 6.45) is 3.87. The molecule has 80 valence electrons. The van der Waals surface area contributed by atoms with Crippen LogP contribution in [-0.2, 0) is 4.74 Å². The molecule has 0 amide bonds. The van der Waals surface area contributed by atoms with E-state index < -0.39 is 0 Å². The monoisotopic (exact) mass is 215 g/mol. The molecule has 0 aliphatic heterocycles. The number of aryl methyl sites for hydroxylation is 1. The number of nitrogens with one attached hydrogen (secondary N) is 1. The van der Waals surface area contributed by atoms with Gasteiger partial charge < -0.3 is 4.74 Å². The molecule has 1 heterocycles. The normalized spacial score (nSPS) is 13.1. The Morgan fingerprint density at radius 1 is 1.71 bits per heavy atom. The number of hydrogen-bond donors (Lipinski definition) is 2. The lowest BCUT2D eigenvalue weighted by atomic mass is 10.1. The number of thiazole rings is 1. The Hall–Kier alpha value is -0.490. The van der Waals surface area contributed by atoms with E-state index in [2.05, 4.69) is 10.4 Å². The van der Waals surface area contributed by atoms with Gasteiger partial charge in [-0.25, -0.2) is 4.98 Å². The van der Waals surface area contributed by atoms with Crippen molar-refractivity contribution in [1.82, 2.24) is 10.4 Å². The van der Waals surface area contributed by atoms with Crippen molar-refractivity contribution in [2.75, 3.05) is 13.7 Å². The van der Waals surface area contributed by atoms with Crippen LogP contribution in [0.1, 0.15) is 28.8 Å². The zero-order chi connectivity index (χ0) is 10.4. The lowest BCUT2D eigenvalue weighted by Crippen LogP contribution is -2.27. The number of aromatic nitrogens is 1. The van der Waals surface area contributed by atoms with E-state index in [1.807, 2.05) is 13.1 Å². The van der Waals surface area contributed by atoms with Gasteiger partial charge in [0.2, 0.25) is 0 Å². The minimum atomic E-state index is 0.205. The molecular formula is C9H17N3OS. The Morgan fingerprint density at radius 2 is 2.50 bits per heavy atom. The largest absolute Gasteiger partial charge is 0.385 e. The molecule has 0 aliphatic rings. The van der Waals surface area contributed by atoms with Gasteiger partial charge in [0.1, 0.15) is 0 Å². The summed E-state index contributed by atoms with van der Waals surface area (Å²) in [5.74, 6) is 5.48. The van der Waals surface area contributed by atoms with Gasteiger partial charge in [-0.15, -0.1) is 11.3 Å². The lowest BCUT2D eigenvalue weighted by Gasteiger charge is -2.12. The van der Waals surface area contributed by atoms with Gasteiger partial charge in [-0.3, -0.25) is 11.3 Å². The number of nitrogens with two attached hydrogens (primary N) is 1. The van der Waals surface area contributed by atoms with Crippen LogP contribution in [0, 0.1) is 6.92 Å². The van der Waals surface area contributed by atoms with E-state index in [9.17, 15) is 0 Å². The standard InChI is InChI=1S/C9H17N3OS/c1-7-11-6-9(14-7)8(12-10)4-3-5-13-2/h6,8,12H,3-5,10H2,1-2H3. The average Bonchev–Trinajstić information content (AvgIpc) is 2.60. The van der Waals surface area contributed by atoms with Crippen LogP contribution in [0.5, 0.6) is 0 Å². The molecule has 1 aromatic rings. The van der Waals surface area contributed by atoms with Crippen LogP contribution in [0.15, 0.2) is 6.20 Å². The maximum atomic E-state index is 5.48.